The summed E-state index contributed by atoms with van der Waals surface area (Å²) in [6.45, 7) is 5.89. The number of anilines is 1. The number of benzene rings is 2. The van der Waals surface area contributed by atoms with Gasteiger partial charge in [-0.25, -0.2) is 0 Å². The minimum absolute atomic E-state index is 0.137. The van der Waals surface area contributed by atoms with Crippen molar-refractivity contribution in [3.05, 3.63) is 76.5 Å². The number of para-hydroxylation sites is 1. The zero-order chi connectivity index (χ0) is 18.0. The lowest BCUT2D eigenvalue weighted by molar-refractivity contribution is -0.113. The van der Waals surface area contributed by atoms with Crippen LogP contribution in [0.1, 0.15) is 29.7 Å². The summed E-state index contributed by atoms with van der Waals surface area (Å²) in [5.41, 5.74) is 5.40. The fourth-order valence-electron chi connectivity index (χ4n) is 3.04. The number of allylic oxidation sites excluding steroid dienone is 1. The minimum Gasteiger partial charge on any atom is -0.351 e. The maximum absolute atomic E-state index is 13.0. The van der Waals surface area contributed by atoms with E-state index in [0.717, 1.165) is 28.1 Å². The van der Waals surface area contributed by atoms with Crippen molar-refractivity contribution in [1.82, 2.24) is 10.6 Å². The molecule has 0 aliphatic carbocycles. The molecule has 3 rings (SSSR count). The van der Waals surface area contributed by atoms with Crippen LogP contribution in [0, 0.1) is 13.8 Å². The number of hydrogen-bond donors (Lipinski definition) is 3. The van der Waals surface area contributed by atoms with E-state index < -0.39 is 0 Å². The van der Waals surface area contributed by atoms with E-state index in [0.29, 0.717) is 10.7 Å². The van der Waals surface area contributed by atoms with Gasteiger partial charge in [0.1, 0.15) is 0 Å². The maximum atomic E-state index is 13.0. The average Bonchev–Trinajstić information content (AvgIpc) is 2.56. The van der Waals surface area contributed by atoms with Crippen molar-refractivity contribution in [2.24, 2.45) is 0 Å². The predicted octanol–water partition coefficient (Wildman–Crippen LogP) is 3.73. The Hall–Kier alpha value is -2.66. The Balaban J connectivity index is 1.99. The Kier molecular flexibility index (Phi) is 4.86. The maximum Gasteiger partial charge on any atom is 0.255 e. The molecule has 25 heavy (non-hydrogen) atoms. The summed E-state index contributed by atoms with van der Waals surface area (Å²) in [5.74, 6) is -0.137. The van der Waals surface area contributed by atoms with Gasteiger partial charge in [0, 0.05) is 11.4 Å². The summed E-state index contributed by atoms with van der Waals surface area (Å²) >= 11 is 5.30. The van der Waals surface area contributed by atoms with Crippen LogP contribution in [0.4, 0.5) is 5.69 Å². The van der Waals surface area contributed by atoms with E-state index in [2.05, 4.69) is 16.0 Å². The number of rotatable bonds is 3. The SMILES string of the molecule is CC1=C(C(=O)Nc2ccccc2C)[C@H](c2ccccc2C)NC(=S)N1. The molecule has 0 aromatic heterocycles. The molecule has 0 radical (unpaired) electrons. The normalized spacial score (nSPS) is 16.9. The average molecular weight is 351 g/mol. The summed E-state index contributed by atoms with van der Waals surface area (Å²) in [6, 6.07) is 15.5. The number of amides is 1. The van der Waals surface area contributed by atoms with E-state index in [1.54, 1.807) is 0 Å². The zero-order valence-corrected chi connectivity index (χ0v) is 15.3. The van der Waals surface area contributed by atoms with Crippen LogP contribution in [-0.2, 0) is 4.79 Å². The Morgan fingerprint density at radius 2 is 1.64 bits per heavy atom. The molecule has 1 aliphatic heterocycles. The number of thiocarbonyl (C=S) groups is 1. The molecule has 128 valence electrons. The summed E-state index contributed by atoms with van der Waals surface area (Å²) in [5, 5.41) is 9.86. The van der Waals surface area contributed by atoms with Gasteiger partial charge >= 0.3 is 0 Å². The van der Waals surface area contributed by atoms with Crippen molar-refractivity contribution in [1.29, 1.82) is 0 Å². The van der Waals surface area contributed by atoms with E-state index >= 15 is 0 Å². The van der Waals surface area contributed by atoms with Gasteiger partial charge in [-0.3, -0.25) is 4.79 Å². The van der Waals surface area contributed by atoms with Crippen LogP contribution >= 0.6 is 12.2 Å². The van der Waals surface area contributed by atoms with Crippen LogP contribution in [0.25, 0.3) is 0 Å². The highest BCUT2D eigenvalue weighted by atomic mass is 32.1. The Morgan fingerprint density at radius 3 is 2.32 bits per heavy atom. The highest BCUT2D eigenvalue weighted by Gasteiger charge is 2.30. The van der Waals surface area contributed by atoms with E-state index in [4.69, 9.17) is 12.2 Å². The first-order valence-electron chi connectivity index (χ1n) is 8.18. The highest BCUT2D eigenvalue weighted by molar-refractivity contribution is 7.80. The van der Waals surface area contributed by atoms with Crippen molar-refractivity contribution < 1.29 is 4.79 Å². The second kappa shape index (κ2) is 7.07. The monoisotopic (exact) mass is 351 g/mol. The lowest BCUT2D eigenvalue weighted by Crippen LogP contribution is -2.46. The smallest absolute Gasteiger partial charge is 0.255 e. The van der Waals surface area contributed by atoms with Gasteiger partial charge in [0.25, 0.3) is 5.91 Å². The molecule has 0 spiro atoms. The number of hydrogen-bond acceptors (Lipinski definition) is 2. The molecule has 2 aromatic carbocycles. The minimum atomic E-state index is -0.279. The lowest BCUT2D eigenvalue weighted by atomic mass is 9.92. The van der Waals surface area contributed by atoms with Crippen LogP contribution in [0.5, 0.6) is 0 Å². The van der Waals surface area contributed by atoms with Crippen molar-refractivity contribution >= 4 is 28.9 Å². The molecular formula is C20H21N3OS. The number of carbonyl (C=O) groups excluding carboxylic acids is 1. The zero-order valence-electron chi connectivity index (χ0n) is 14.5. The van der Waals surface area contributed by atoms with Gasteiger partial charge in [0.2, 0.25) is 0 Å². The van der Waals surface area contributed by atoms with Gasteiger partial charge in [-0.2, -0.15) is 0 Å². The molecule has 1 aliphatic rings. The molecular weight excluding hydrogens is 330 g/mol. The summed E-state index contributed by atoms with van der Waals surface area (Å²) in [6.07, 6.45) is 0. The standard InChI is InChI=1S/C20H21N3OS/c1-12-8-4-6-10-15(12)18-17(14(3)21-20(25)23-18)19(24)22-16-11-7-5-9-13(16)2/h4-11,18H,1-3H3,(H,22,24)(H2,21,23,25)/t18-/m0/s1. The largest absolute Gasteiger partial charge is 0.351 e. The quantitative estimate of drug-likeness (QED) is 0.738. The van der Waals surface area contributed by atoms with E-state index in [1.165, 1.54) is 0 Å². The highest BCUT2D eigenvalue weighted by Crippen LogP contribution is 2.30. The lowest BCUT2D eigenvalue weighted by Gasteiger charge is -2.31. The van der Waals surface area contributed by atoms with Crippen molar-refractivity contribution in [3.8, 4) is 0 Å². The fourth-order valence-corrected chi connectivity index (χ4v) is 3.31. The van der Waals surface area contributed by atoms with E-state index in [1.807, 2.05) is 69.3 Å². The van der Waals surface area contributed by atoms with E-state index in [9.17, 15) is 4.79 Å². The van der Waals surface area contributed by atoms with Crippen LogP contribution in [0.3, 0.4) is 0 Å². The first-order valence-corrected chi connectivity index (χ1v) is 8.59. The molecule has 1 atom stereocenters. The molecule has 0 saturated carbocycles. The second-order valence-electron chi connectivity index (χ2n) is 6.20. The van der Waals surface area contributed by atoms with Gasteiger partial charge in [-0.05, 0) is 55.7 Å². The Morgan fingerprint density at radius 1 is 1.00 bits per heavy atom. The van der Waals surface area contributed by atoms with Crippen LogP contribution in [0.2, 0.25) is 0 Å². The summed E-state index contributed by atoms with van der Waals surface area (Å²) in [4.78, 5) is 13.0. The van der Waals surface area contributed by atoms with E-state index in [-0.39, 0.29) is 11.9 Å². The van der Waals surface area contributed by atoms with Gasteiger partial charge in [0.05, 0.1) is 11.6 Å². The van der Waals surface area contributed by atoms with Crippen LogP contribution < -0.4 is 16.0 Å². The van der Waals surface area contributed by atoms with Gasteiger partial charge in [-0.15, -0.1) is 0 Å². The third-order valence-corrected chi connectivity index (χ3v) is 4.63. The summed E-state index contributed by atoms with van der Waals surface area (Å²) < 4.78 is 0. The first-order chi connectivity index (χ1) is 12.0. The topological polar surface area (TPSA) is 53.2 Å². The number of carbonyl (C=O) groups is 1. The molecule has 0 unspecified atom stereocenters. The Labute approximate surface area is 153 Å². The third kappa shape index (κ3) is 3.56. The fraction of sp³-hybridized carbons (Fsp3) is 0.200. The molecule has 0 bridgehead atoms. The number of aryl methyl sites for hydroxylation is 2. The predicted molar refractivity (Wildman–Crippen MR) is 105 cm³/mol. The second-order valence-corrected chi connectivity index (χ2v) is 6.60. The van der Waals surface area contributed by atoms with Gasteiger partial charge in [-0.1, -0.05) is 42.5 Å². The molecule has 1 amide bonds. The molecule has 0 fully saturated rings. The molecule has 3 N–H and O–H groups in total. The third-order valence-electron chi connectivity index (χ3n) is 4.41. The van der Waals surface area contributed by atoms with Gasteiger partial charge < -0.3 is 16.0 Å². The summed E-state index contributed by atoms with van der Waals surface area (Å²) in [7, 11) is 0. The molecule has 1 heterocycles. The van der Waals surface area contributed by atoms with Crippen LogP contribution in [0.15, 0.2) is 59.8 Å². The first kappa shape index (κ1) is 17.2. The molecule has 5 heteroatoms. The van der Waals surface area contributed by atoms with Gasteiger partial charge in [0.15, 0.2) is 5.11 Å². The van der Waals surface area contributed by atoms with Crippen molar-refractivity contribution in [3.63, 3.8) is 0 Å². The van der Waals surface area contributed by atoms with Crippen LogP contribution in [-0.4, -0.2) is 11.0 Å². The Bertz CT molecular complexity index is 873. The molecule has 2 aromatic rings. The van der Waals surface area contributed by atoms with Crippen molar-refractivity contribution in [2.75, 3.05) is 5.32 Å². The molecule has 4 nitrogen and oxygen atoms in total. The van der Waals surface area contributed by atoms with Crippen molar-refractivity contribution in [2.45, 2.75) is 26.8 Å². The number of nitrogens with one attached hydrogen (secondary N) is 3. The molecule has 0 saturated heterocycles.